The Morgan fingerprint density at radius 2 is 1.55 bits per heavy atom. The summed E-state index contributed by atoms with van der Waals surface area (Å²) < 4.78 is 5.79. The zero-order chi connectivity index (χ0) is 20.8. The largest absolute Gasteiger partial charge is 0.381 e. The van der Waals surface area contributed by atoms with Gasteiger partial charge in [-0.3, -0.25) is 0 Å². The molecule has 0 aliphatic heterocycles. The summed E-state index contributed by atoms with van der Waals surface area (Å²) in [7, 11) is 1.94. The molecule has 0 saturated heterocycles. The summed E-state index contributed by atoms with van der Waals surface area (Å²) in [6.07, 6.45) is 18.1. The van der Waals surface area contributed by atoms with Crippen molar-refractivity contribution < 1.29 is 4.74 Å². The van der Waals surface area contributed by atoms with Crippen LogP contribution in [-0.4, -0.2) is 13.2 Å². The Morgan fingerprint density at radius 1 is 0.828 bits per heavy atom. The molecular weight excluding hydrogens is 352 g/mol. The van der Waals surface area contributed by atoms with Gasteiger partial charge in [-0.1, -0.05) is 53.9 Å². The number of ether oxygens (including phenoxy) is 1. The highest BCUT2D eigenvalue weighted by atomic mass is 16.5. The zero-order valence-electron chi connectivity index (χ0n) is 20.5. The van der Waals surface area contributed by atoms with Gasteiger partial charge in [-0.05, 0) is 110 Å². The Labute approximate surface area is 182 Å². The average Bonchev–Trinajstić information content (AvgIpc) is 3.04. The van der Waals surface area contributed by atoms with Crippen LogP contribution in [0.5, 0.6) is 0 Å². The molecule has 0 unspecified atom stereocenters. The molecule has 9 atom stereocenters. The highest BCUT2D eigenvalue weighted by Gasteiger charge is 2.60. The van der Waals surface area contributed by atoms with Gasteiger partial charge in [0.25, 0.3) is 0 Å². The summed E-state index contributed by atoms with van der Waals surface area (Å²) in [4.78, 5) is 0. The van der Waals surface area contributed by atoms with E-state index >= 15 is 0 Å². The van der Waals surface area contributed by atoms with E-state index < -0.39 is 0 Å². The van der Waals surface area contributed by atoms with Crippen molar-refractivity contribution in [3.63, 3.8) is 0 Å². The van der Waals surface area contributed by atoms with Gasteiger partial charge in [0.2, 0.25) is 0 Å². The van der Waals surface area contributed by atoms with Crippen molar-refractivity contribution in [1.82, 2.24) is 0 Å². The van der Waals surface area contributed by atoms with Crippen LogP contribution in [0, 0.1) is 52.3 Å². The Morgan fingerprint density at radius 3 is 2.28 bits per heavy atom. The fourth-order valence-electron chi connectivity index (χ4n) is 9.46. The fourth-order valence-corrected chi connectivity index (χ4v) is 9.46. The minimum absolute atomic E-state index is 0.543. The molecule has 4 rings (SSSR count). The van der Waals surface area contributed by atoms with Gasteiger partial charge in [0, 0.05) is 7.11 Å². The van der Waals surface area contributed by atoms with Gasteiger partial charge >= 0.3 is 0 Å². The van der Waals surface area contributed by atoms with E-state index in [-0.39, 0.29) is 0 Å². The number of hydrogen-bond donors (Lipinski definition) is 0. The van der Waals surface area contributed by atoms with E-state index in [1.807, 2.05) is 7.11 Å². The summed E-state index contributed by atoms with van der Waals surface area (Å²) in [5.74, 6) is 6.79. The molecule has 0 N–H and O–H groups in total. The van der Waals surface area contributed by atoms with Crippen LogP contribution in [0.25, 0.3) is 0 Å². The molecule has 0 amide bonds. The van der Waals surface area contributed by atoms with Crippen LogP contribution in [0.3, 0.4) is 0 Å². The zero-order valence-corrected chi connectivity index (χ0v) is 20.5. The molecular formula is C28H50O. The van der Waals surface area contributed by atoms with E-state index in [9.17, 15) is 0 Å². The average molecular weight is 403 g/mol. The Bertz CT molecular complexity index is 555. The molecule has 4 fully saturated rings. The minimum Gasteiger partial charge on any atom is -0.381 e. The summed E-state index contributed by atoms with van der Waals surface area (Å²) in [6.45, 7) is 12.8. The molecule has 0 aromatic rings. The van der Waals surface area contributed by atoms with Crippen LogP contribution < -0.4 is 0 Å². The number of hydrogen-bond acceptors (Lipinski definition) is 1. The topological polar surface area (TPSA) is 9.23 Å². The maximum Gasteiger partial charge on any atom is 0.0574 e. The van der Waals surface area contributed by atoms with E-state index in [2.05, 4.69) is 34.6 Å². The molecule has 4 aliphatic rings. The van der Waals surface area contributed by atoms with Gasteiger partial charge in [0.1, 0.15) is 0 Å². The van der Waals surface area contributed by atoms with Crippen molar-refractivity contribution in [3.05, 3.63) is 0 Å². The van der Waals surface area contributed by atoms with Crippen LogP contribution >= 0.6 is 0 Å². The first kappa shape index (κ1) is 22.2. The van der Waals surface area contributed by atoms with E-state index in [0.29, 0.717) is 16.9 Å². The third-order valence-electron chi connectivity index (χ3n) is 11.2. The van der Waals surface area contributed by atoms with Gasteiger partial charge in [-0.25, -0.2) is 0 Å². The van der Waals surface area contributed by atoms with Crippen molar-refractivity contribution in [3.8, 4) is 0 Å². The first-order valence-corrected chi connectivity index (χ1v) is 13.3. The molecule has 1 nitrogen and oxygen atoms in total. The predicted molar refractivity (Wildman–Crippen MR) is 124 cm³/mol. The lowest BCUT2D eigenvalue weighted by Crippen LogP contribution is -2.54. The van der Waals surface area contributed by atoms with E-state index in [1.165, 1.54) is 77.0 Å². The highest BCUT2D eigenvalue weighted by molar-refractivity contribution is 5.09. The highest BCUT2D eigenvalue weighted by Crippen LogP contribution is 2.68. The van der Waals surface area contributed by atoms with Gasteiger partial charge < -0.3 is 4.74 Å². The second kappa shape index (κ2) is 8.48. The van der Waals surface area contributed by atoms with Gasteiger partial charge in [0.05, 0.1) is 6.10 Å². The predicted octanol–water partition coefficient (Wildman–Crippen LogP) is 8.12. The number of methoxy groups -OCH3 is 1. The summed E-state index contributed by atoms with van der Waals surface area (Å²) in [5.41, 5.74) is 1.26. The molecule has 0 heterocycles. The molecule has 1 heteroatoms. The van der Waals surface area contributed by atoms with Gasteiger partial charge in [0.15, 0.2) is 0 Å². The van der Waals surface area contributed by atoms with Crippen LogP contribution in [0.2, 0.25) is 0 Å². The first-order chi connectivity index (χ1) is 13.8. The maximum absolute atomic E-state index is 5.79. The van der Waals surface area contributed by atoms with Crippen molar-refractivity contribution in [2.75, 3.05) is 7.11 Å². The third kappa shape index (κ3) is 3.85. The SMILES string of the molecule is CO[C@H]1CC[C@@]2(C)[C@@H](CC[C@@H]3[C@@H]2CC[C@]2(C)[C@@H]([C@H](C)CCCC(C)C)CC[C@@H]32)C1. The Hall–Kier alpha value is -0.0400. The van der Waals surface area contributed by atoms with Crippen LogP contribution in [0.4, 0.5) is 0 Å². The van der Waals surface area contributed by atoms with Crippen molar-refractivity contribution >= 4 is 0 Å². The summed E-state index contributed by atoms with van der Waals surface area (Å²) in [6, 6.07) is 0. The second-order valence-electron chi connectivity index (χ2n) is 12.8. The molecule has 0 bridgehead atoms. The first-order valence-electron chi connectivity index (χ1n) is 13.3. The summed E-state index contributed by atoms with van der Waals surface area (Å²) >= 11 is 0. The standard InChI is InChI=1S/C28H50O/c1-19(2)8-7-9-20(3)24-12-13-25-23-11-10-21-18-22(29-6)14-16-27(21,4)26(23)15-17-28(24,25)5/h19-26H,7-18H2,1-6H3/t20-,21+,22+,23+,24-,25+,26+,27+,28-/m1/s1. The molecule has 0 spiro atoms. The van der Waals surface area contributed by atoms with Gasteiger partial charge in [-0.2, -0.15) is 0 Å². The van der Waals surface area contributed by atoms with Crippen LogP contribution in [0.1, 0.15) is 112 Å². The van der Waals surface area contributed by atoms with Crippen LogP contribution in [0.15, 0.2) is 0 Å². The lowest BCUT2D eigenvalue weighted by molar-refractivity contribution is -0.133. The molecule has 0 aromatic carbocycles. The Kier molecular flexibility index (Phi) is 6.48. The second-order valence-corrected chi connectivity index (χ2v) is 12.8. The van der Waals surface area contributed by atoms with Gasteiger partial charge in [-0.15, -0.1) is 0 Å². The summed E-state index contributed by atoms with van der Waals surface area (Å²) in [5, 5.41) is 0. The van der Waals surface area contributed by atoms with Crippen LogP contribution in [-0.2, 0) is 4.74 Å². The monoisotopic (exact) mass is 402 g/mol. The molecule has 29 heavy (non-hydrogen) atoms. The quantitative estimate of drug-likeness (QED) is 0.436. The number of rotatable bonds is 6. The Balaban J connectivity index is 1.45. The van der Waals surface area contributed by atoms with E-state index in [4.69, 9.17) is 4.74 Å². The molecule has 4 aliphatic carbocycles. The van der Waals surface area contributed by atoms with Crippen molar-refractivity contribution in [2.45, 2.75) is 118 Å². The van der Waals surface area contributed by atoms with Crippen molar-refractivity contribution in [1.29, 1.82) is 0 Å². The van der Waals surface area contributed by atoms with E-state index in [0.717, 1.165) is 41.4 Å². The third-order valence-corrected chi connectivity index (χ3v) is 11.2. The molecule has 4 saturated carbocycles. The minimum atomic E-state index is 0.543. The van der Waals surface area contributed by atoms with E-state index in [1.54, 1.807) is 0 Å². The lowest BCUT2D eigenvalue weighted by Gasteiger charge is -2.61. The smallest absolute Gasteiger partial charge is 0.0574 e. The molecule has 0 radical (unpaired) electrons. The molecule has 0 aromatic heterocycles. The number of fused-ring (bicyclic) bond motifs is 5. The fraction of sp³-hybridized carbons (Fsp3) is 1.00. The molecule has 168 valence electrons. The normalized spacial score (nSPS) is 48.1. The van der Waals surface area contributed by atoms with Crippen molar-refractivity contribution in [2.24, 2.45) is 52.3 Å². The lowest BCUT2D eigenvalue weighted by atomic mass is 9.44. The maximum atomic E-state index is 5.79.